The highest BCUT2D eigenvalue weighted by atomic mass is 35.5. The highest BCUT2D eigenvalue weighted by molar-refractivity contribution is 6.17. The molecule has 100 valence electrons. The molecular weight excluding hydrogens is 253 g/mol. The van der Waals surface area contributed by atoms with Crippen molar-refractivity contribution in [3.63, 3.8) is 0 Å². The number of halogens is 2. The van der Waals surface area contributed by atoms with Crippen LogP contribution in [0.25, 0.3) is 0 Å². The van der Waals surface area contributed by atoms with Crippen LogP contribution in [0, 0.1) is 12.7 Å². The molecule has 1 aromatic carbocycles. The summed E-state index contributed by atoms with van der Waals surface area (Å²) in [7, 11) is 1.77. The predicted molar refractivity (Wildman–Crippen MR) is 72.7 cm³/mol. The summed E-state index contributed by atoms with van der Waals surface area (Å²) in [6, 6.07) is 4.25. The van der Waals surface area contributed by atoms with Crippen molar-refractivity contribution in [3.05, 3.63) is 35.1 Å². The molecule has 0 aliphatic carbocycles. The lowest BCUT2D eigenvalue weighted by atomic mass is 10.1. The maximum absolute atomic E-state index is 13.0. The van der Waals surface area contributed by atoms with E-state index < -0.39 is 0 Å². The van der Waals surface area contributed by atoms with E-state index in [-0.39, 0.29) is 11.7 Å². The zero-order valence-corrected chi connectivity index (χ0v) is 11.6. The second-order valence-electron chi connectivity index (χ2n) is 4.44. The van der Waals surface area contributed by atoms with Crippen LogP contribution in [0.1, 0.15) is 35.2 Å². The Morgan fingerprint density at radius 2 is 2.06 bits per heavy atom. The largest absolute Gasteiger partial charge is 0.342 e. The lowest BCUT2D eigenvalue weighted by Crippen LogP contribution is -2.28. The van der Waals surface area contributed by atoms with Gasteiger partial charge in [-0.2, -0.15) is 0 Å². The molecule has 1 aromatic rings. The van der Waals surface area contributed by atoms with Gasteiger partial charge in [-0.1, -0.05) is 6.42 Å². The van der Waals surface area contributed by atoms with Gasteiger partial charge in [0.1, 0.15) is 5.82 Å². The Hall–Kier alpha value is -1.09. The van der Waals surface area contributed by atoms with Crippen LogP contribution in [0.4, 0.5) is 4.39 Å². The summed E-state index contributed by atoms with van der Waals surface area (Å²) in [5, 5.41) is 0. The quantitative estimate of drug-likeness (QED) is 0.572. The second-order valence-corrected chi connectivity index (χ2v) is 4.81. The number of alkyl halides is 1. The highest BCUT2D eigenvalue weighted by Gasteiger charge is 2.13. The molecule has 0 aliphatic rings. The Labute approximate surface area is 113 Å². The molecule has 18 heavy (non-hydrogen) atoms. The van der Waals surface area contributed by atoms with E-state index in [1.54, 1.807) is 24.9 Å². The SMILES string of the molecule is Cc1cc(F)ccc1C(=O)N(C)CCCCCCl. The maximum atomic E-state index is 13.0. The molecule has 0 saturated heterocycles. The van der Waals surface area contributed by atoms with Crippen molar-refractivity contribution < 1.29 is 9.18 Å². The van der Waals surface area contributed by atoms with Gasteiger partial charge in [0, 0.05) is 25.0 Å². The van der Waals surface area contributed by atoms with Gasteiger partial charge in [0.25, 0.3) is 5.91 Å². The van der Waals surface area contributed by atoms with Crippen molar-refractivity contribution >= 4 is 17.5 Å². The van der Waals surface area contributed by atoms with Crippen molar-refractivity contribution in [1.29, 1.82) is 0 Å². The molecule has 0 fully saturated rings. The maximum Gasteiger partial charge on any atom is 0.253 e. The molecule has 4 heteroatoms. The number of hydrogen-bond acceptors (Lipinski definition) is 1. The molecule has 0 bridgehead atoms. The zero-order valence-electron chi connectivity index (χ0n) is 10.9. The molecule has 0 heterocycles. The normalized spacial score (nSPS) is 10.4. The predicted octanol–water partition coefficient (Wildman–Crippen LogP) is 3.62. The van der Waals surface area contributed by atoms with Crippen molar-refractivity contribution in [2.24, 2.45) is 0 Å². The molecule has 0 aliphatic heterocycles. The Kier molecular flexibility index (Phi) is 6.13. The fourth-order valence-corrected chi connectivity index (χ4v) is 1.98. The molecule has 0 spiro atoms. The van der Waals surface area contributed by atoms with E-state index in [2.05, 4.69) is 0 Å². The Bertz CT molecular complexity index is 409. The molecule has 1 amide bonds. The summed E-state index contributed by atoms with van der Waals surface area (Å²) in [6.45, 7) is 2.45. The third-order valence-corrected chi connectivity index (χ3v) is 3.16. The third kappa shape index (κ3) is 4.30. The third-order valence-electron chi connectivity index (χ3n) is 2.89. The number of amides is 1. The van der Waals surface area contributed by atoms with Crippen LogP contribution < -0.4 is 0 Å². The number of benzene rings is 1. The van der Waals surface area contributed by atoms with Crippen LogP contribution in [-0.4, -0.2) is 30.3 Å². The van der Waals surface area contributed by atoms with Gasteiger partial charge in [0.2, 0.25) is 0 Å². The summed E-state index contributed by atoms with van der Waals surface area (Å²) in [4.78, 5) is 13.8. The number of unbranched alkanes of at least 4 members (excludes halogenated alkanes) is 2. The summed E-state index contributed by atoms with van der Waals surface area (Å²) in [6.07, 6.45) is 2.93. The van der Waals surface area contributed by atoms with E-state index in [0.29, 0.717) is 23.6 Å². The van der Waals surface area contributed by atoms with Crippen LogP contribution >= 0.6 is 11.6 Å². The minimum absolute atomic E-state index is 0.0571. The number of nitrogens with zero attached hydrogens (tertiary/aromatic N) is 1. The molecule has 0 aromatic heterocycles. The van der Waals surface area contributed by atoms with Gasteiger partial charge in [0.05, 0.1) is 0 Å². The van der Waals surface area contributed by atoms with E-state index in [1.807, 2.05) is 0 Å². The molecule has 0 N–H and O–H groups in total. The molecular formula is C14H19ClFNO. The first-order chi connectivity index (χ1) is 8.56. The molecule has 0 radical (unpaired) electrons. The minimum atomic E-state index is -0.311. The molecule has 1 rings (SSSR count). The first-order valence-corrected chi connectivity index (χ1v) is 6.67. The fourth-order valence-electron chi connectivity index (χ4n) is 1.79. The molecule has 0 unspecified atom stereocenters. The molecule has 2 nitrogen and oxygen atoms in total. The van der Waals surface area contributed by atoms with Gasteiger partial charge in [-0.3, -0.25) is 4.79 Å². The fraction of sp³-hybridized carbons (Fsp3) is 0.500. The van der Waals surface area contributed by atoms with Crippen molar-refractivity contribution in [2.75, 3.05) is 19.5 Å². The van der Waals surface area contributed by atoms with Gasteiger partial charge in [-0.05, 0) is 43.5 Å². The van der Waals surface area contributed by atoms with Crippen molar-refractivity contribution in [1.82, 2.24) is 4.90 Å². The smallest absolute Gasteiger partial charge is 0.253 e. The van der Waals surface area contributed by atoms with Crippen LogP contribution in [0.5, 0.6) is 0 Å². The standard InChI is InChI=1S/C14H19ClFNO/c1-11-10-12(16)6-7-13(11)14(18)17(2)9-5-3-4-8-15/h6-7,10H,3-5,8-9H2,1-2H3. The lowest BCUT2D eigenvalue weighted by molar-refractivity contribution is 0.0792. The van der Waals surface area contributed by atoms with E-state index in [9.17, 15) is 9.18 Å². The number of aryl methyl sites for hydroxylation is 1. The van der Waals surface area contributed by atoms with Gasteiger partial charge in [-0.15, -0.1) is 11.6 Å². The van der Waals surface area contributed by atoms with Gasteiger partial charge in [0.15, 0.2) is 0 Å². The number of carbonyl (C=O) groups excluding carboxylic acids is 1. The van der Waals surface area contributed by atoms with E-state index in [0.717, 1.165) is 19.3 Å². The Morgan fingerprint density at radius 1 is 1.33 bits per heavy atom. The van der Waals surface area contributed by atoms with E-state index in [4.69, 9.17) is 11.6 Å². The van der Waals surface area contributed by atoms with Crippen molar-refractivity contribution in [2.45, 2.75) is 26.2 Å². The summed E-state index contributed by atoms with van der Waals surface area (Å²) in [5.41, 5.74) is 1.24. The number of hydrogen-bond donors (Lipinski definition) is 0. The summed E-state index contributed by atoms with van der Waals surface area (Å²) < 4.78 is 13.0. The van der Waals surface area contributed by atoms with Crippen LogP contribution in [0.15, 0.2) is 18.2 Å². The van der Waals surface area contributed by atoms with Crippen LogP contribution in [-0.2, 0) is 0 Å². The van der Waals surface area contributed by atoms with Gasteiger partial charge >= 0.3 is 0 Å². The monoisotopic (exact) mass is 271 g/mol. The highest BCUT2D eigenvalue weighted by Crippen LogP contribution is 2.12. The van der Waals surface area contributed by atoms with Crippen molar-refractivity contribution in [3.8, 4) is 0 Å². The van der Waals surface area contributed by atoms with E-state index in [1.165, 1.54) is 12.1 Å². The van der Waals surface area contributed by atoms with Crippen LogP contribution in [0.3, 0.4) is 0 Å². The topological polar surface area (TPSA) is 20.3 Å². The Morgan fingerprint density at radius 3 is 2.67 bits per heavy atom. The minimum Gasteiger partial charge on any atom is -0.342 e. The second kappa shape index (κ2) is 7.37. The van der Waals surface area contributed by atoms with E-state index >= 15 is 0 Å². The molecule has 0 saturated carbocycles. The van der Waals surface area contributed by atoms with Gasteiger partial charge < -0.3 is 4.90 Å². The first kappa shape index (κ1) is 15.0. The zero-order chi connectivity index (χ0) is 13.5. The Balaban J connectivity index is 2.57. The number of carbonyl (C=O) groups is 1. The van der Waals surface area contributed by atoms with Gasteiger partial charge in [-0.25, -0.2) is 4.39 Å². The first-order valence-electron chi connectivity index (χ1n) is 6.14. The number of rotatable bonds is 6. The summed E-state index contributed by atoms with van der Waals surface area (Å²) in [5.74, 6) is 0.293. The van der Waals surface area contributed by atoms with Crippen LogP contribution in [0.2, 0.25) is 0 Å². The molecule has 0 atom stereocenters. The lowest BCUT2D eigenvalue weighted by Gasteiger charge is -2.18. The summed E-state index contributed by atoms with van der Waals surface area (Å²) >= 11 is 5.59. The average Bonchev–Trinajstić information content (AvgIpc) is 2.33. The average molecular weight is 272 g/mol.